The molecule has 0 radical (unpaired) electrons. The van der Waals surface area contributed by atoms with E-state index in [1.807, 2.05) is 28.9 Å². The minimum Gasteiger partial charge on any atom is -0.348 e. The summed E-state index contributed by atoms with van der Waals surface area (Å²) in [7, 11) is 0. The van der Waals surface area contributed by atoms with Gasteiger partial charge in [0.2, 0.25) is 5.95 Å². The molecule has 1 aliphatic heterocycles. The van der Waals surface area contributed by atoms with Gasteiger partial charge >= 0.3 is 0 Å². The van der Waals surface area contributed by atoms with E-state index in [0.29, 0.717) is 0 Å². The first-order chi connectivity index (χ1) is 11.2. The minimum atomic E-state index is -0.219. The average Bonchev–Trinajstić information content (AvgIpc) is 3.04. The van der Waals surface area contributed by atoms with Gasteiger partial charge in [-0.25, -0.2) is 9.07 Å². The van der Waals surface area contributed by atoms with Crippen molar-refractivity contribution in [2.24, 2.45) is 0 Å². The third-order valence-corrected chi connectivity index (χ3v) is 4.45. The Kier molecular flexibility index (Phi) is 3.33. The van der Waals surface area contributed by atoms with Crippen LogP contribution in [0.2, 0.25) is 0 Å². The van der Waals surface area contributed by atoms with E-state index in [-0.39, 0.29) is 17.9 Å². The maximum atomic E-state index is 13.2. The molecule has 0 saturated heterocycles. The molecule has 2 aromatic carbocycles. The van der Waals surface area contributed by atoms with Gasteiger partial charge in [-0.15, -0.1) is 0 Å². The van der Waals surface area contributed by atoms with Crippen LogP contribution in [0, 0.1) is 12.7 Å². The number of halogens is 1. The van der Waals surface area contributed by atoms with Gasteiger partial charge in [-0.05, 0) is 42.2 Å². The van der Waals surface area contributed by atoms with Crippen molar-refractivity contribution in [3.63, 3.8) is 0 Å². The first-order valence-corrected chi connectivity index (χ1v) is 7.69. The molecule has 0 spiro atoms. The maximum absolute atomic E-state index is 13.2. The standard InChI is InChI=1S/C18H17FN4/c1-12-4-2-3-5-15(12)17-10-16(13-6-8-14(19)9-7-13)22-18-20-11-21-23(17)18/h2-9,11,16-17H,10H2,1H3,(H,20,21,22)/t16-,17+/m0/s1. The highest BCUT2D eigenvalue weighted by atomic mass is 19.1. The molecule has 0 bridgehead atoms. The van der Waals surface area contributed by atoms with Crippen LogP contribution < -0.4 is 5.32 Å². The minimum absolute atomic E-state index is 0.0805. The molecule has 0 fully saturated rings. The topological polar surface area (TPSA) is 42.7 Å². The lowest BCUT2D eigenvalue weighted by Crippen LogP contribution is -2.28. The quantitative estimate of drug-likeness (QED) is 0.781. The zero-order chi connectivity index (χ0) is 15.8. The lowest BCUT2D eigenvalue weighted by atomic mass is 9.91. The molecule has 3 aromatic rings. The van der Waals surface area contributed by atoms with Gasteiger partial charge in [0, 0.05) is 0 Å². The lowest BCUT2D eigenvalue weighted by molar-refractivity contribution is 0.429. The number of hydrogen-bond acceptors (Lipinski definition) is 3. The van der Waals surface area contributed by atoms with E-state index in [2.05, 4.69) is 34.5 Å². The number of rotatable bonds is 2. The molecule has 116 valence electrons. The van der Waals surface area contributed by atoms with Crippen molar-refractivity contribution >= 4 is 5.95 Å². The Hall–Kier alpha value is -2.69. The summed E-state index contributed by atoms with van der Waals surface area (Å²) in [5.74, 6) is 0.530. The number of hydrogen-bond donors (Lipinski definition) is 1. The van der Waals surface area contributed by atoms with Crippen LogP contribution in [0.4, 0.5) is 10.3 Å². The van der Waals surface area contributed by atoms with Crippen molar-refractivity contribution in [1.29, 1.82) is 0 Å². The molecule has 5 heteroatoms. The summed E-state index contributed by atoms with van der Waals surface area (Å²) < 4.78 is 15.1. The Morgan fingerprint density at radius 1 is 1.13 bits per heavy atom. The van der Waals surface area contributed by atoms with Crippen LogP contribution in [0.5, 0.6) is 0 Å². The molecule has 1 aliphatic rings. The predicted octanol–water partition coefficient (Wildman–Crippen LogP) is 3.87. The summed E-state index contributed by atoms with van der Waals surface area (Å²) in [5.41, 5.74) is 3.53. The van der Waals surface area contributed by atoms with Crippen LogP contribution in [0.15, 0.2) is 54.9 Å². The van der Waals surface area contributed by atoms with Gasteiger partial charge in [0.25, 0.3) is 0 Å². The van der Waals surface area contributed by atoms with E-state index in [9.17, 15) is 4.39 Å². The first-order valence-electron chi connectivity index (χ1n) is 7.69. The van der Waals surface area contributed by atoms with Crippen molar-refractivity contribution in [2.45, 2.75) is 25.4 Å². The Labute approximate surface area is 134 Å². The SMILES string of the molecule is Cc1ccccc1[C@H]1C[C@@H](c2ccc(F)cc2)Nc2ncnn21. The normalized spacial score (nSPS) is 19.9. The Balaban J connectivity index is 1.75. The summed E-state index contributed by atoms with van der Waals surface area (Å²) in [4.78, 5) is 4.32. The van der Waals surface area contributed by atoms with E-state index in [4.69, 9.17) is 0 Å². The number of aromatic nitrogens is 3. The molecule has 23 heavy (non-hydrogen) atoms. The highest BCUT2D eigenvalue weighted by Crippen LogP contribution is 2.38. The number of benzene rings is 2. The predicted molar refractivity (Wildman–Crippen MR) is 86.7 cm³/mol. The van der Waals surface area contributed by atoms with Crippen LogP contribution in [-0.4, -0.2) is 14.8 Å². The van der Waals surface area contributed by atoms with Crippen molar-refractivity contribution in [2.75, 3.05) is 5.32 Å². The smallest absolute Gasteiger partial charge is 0.222 e. The molecule has 0 saturated carbocycles. The molecule has 4 nitrogen and oxygen atoms in total. The second-order valence-corrected chi connectivity index (χ2v) is 5.88. The molecular weight excluding hydrogens is 291 g/mol. The highest BCUT2D eigenvalue weighted by molar-refractivity contribution is 5.39. The fourth-order valence-corrected chi connectivity index (χ4v) is 3.25. The number of aryl methyl sites for hydroxylation is 1. The molecule has 4 rings (SSSR count). The van der Waals surface area contributed by atoms with Crippen LogP contribution in [0.1, 0.15) is 35.2 Å². The first kappa shape index (κ1) is 13.9. The molecule has 2 atom stereocenters. The lowest BCUT2D eigenvalue weighted by Gasteiger charge is -2.32. The maximum Gasteiger partial charge on any atom is 0.222 e. The molecule has 0 aliphatic carbocycles. The fraction of sp³-hybridized carbons (Fsp3) is 0.222. The van der Waals surface area contributed by atoms with Crippen LogP contribution >= 0.6 is 0 Å². The summed E-state index contributed by atoms with van der Waals surface area (Å²) >= 11 is 0. The fourth-order valence-electron chi connectivity index (χ4n) is 3.25. The van der Waals surface area contributed by atoms with E-state index in [1.54, 1.807) is 6.33 Å². The monoisotopic (exact) mass is 308 g/mol. The highest BCUT2D eigenvalue weighted by Gasteiger charge is 2.30. The van der Waals surface area contributed by atoms with E-state index < -0.39 is 0 Å². The third kappa shape index (κ3) is 2.48. The zero-order valence-electron chi connectivity index (χ0n) is 12.8. The Bertz CT molecular complexity index is 825. The van der Waals surface area contributed by atoms with Crippen LogP contribution in [0.3, 0.4) is 0 Å². The molecule has 0 unspecified atom stereocenters. The van der Waals surface area contributed by atoms with Gasteiger partial charge in [-0.2, -0.15) is 10.1 Å². The summed E-state index contributed by atoms with van der Waals surface area (Å²) in [6.45, 7) is 2.11. The number of fused-ring (bicyclic) bond motifs is 1. The second-order valence-electron chi connectivity index (χ2n) is 5.88. The van der Waals surface area contributed by atoms with Gasteiger partial charge < -0.3 is 5.32 Å². The average molecular weight is 308 g/mol. The second kappa shape index (κ2) is 5.50. The molecule has 0 amide bonds. The van der Waals surface area contributed by atoms with Gasteiger partial charge in [-0.3, -0.25) is 0 Å². The Morgan fingerprint density at radius 2 is 1.91 bits per heavy atom. The van der Waals surface area contributed by atoms with Gasteiger partial charge in [0.05, 0.1) is 12.1 Å². The van der Waals surface area contributed by atoms with E-state index in [1.165, 1.54) is 23.3 Å². The third-order valence-electron chi connectivity index (χ3n) is 4.45. The van der Waals surface area contributed by atoms with Crippen LogP contribution in [0.25, 0.3) is 0 Å². The summed E-state index contributed by atoms with van der Waals surface area (Å²) in [6, 6.07) is 15.2. The van der Waals surface area contributed by atoms with Crippen molar-refractivity contribution in [3.8, 4) is 0 Å². The van der Waals surface area contributed by atoms with Crippen molar-refractivity contribution in [3.05, 3.63) is 77.4 Å². The zero-order valence-corrected chi connectivity index (χ0v) is 12.8. The van der Waals surface area contributed by atoms with Gasteiger partial charge in [0.15, 0.2) is 0 Å². The Morgan fingerprint density at radius 3 is 2.70 bits per heavy atom. The van der Waals surface area contributed by atoms with Crippen molar-refractivity contribution < 1.29 is 4.39 Å². The van der Waals surface area contributed by atoms with E-state index >= 15 is 0 Å². The summed E-state index contributed by atoms with van der Waals surface area (Å²) in [5, 5.41) is 7.78. The number of nitrogens with zero attached hydrogens (tertiary/aromatic N) is 3. The molecular formula is C18H17FN4. The summed E-state index contributed by atoms with van der Waals surface area (Å²) in [6.07, 6.45) is 2.41. The largest absolute Gasteiger partial charge is 0.348 e. The molecule has 1 aromatic heterocycles. The van der Waals surface area contributed by atoms with Gasteiger partial charge in [0.1, 0.15) is 12.1 Å². The van der Waals surface area contributed by atoms with E-state index in [0.717, 1.165) is 17.9 Å². The molecule has 1 N–H and O–H groups in total. The number of nitrogens with one attached hydrogen (secondary N) is 1. The molecule has 2 heterocycles. The van der Waals surface area contributed by atoms with Crippen molar-refractivity contribution in [1.82, 2.24) is 14.8 Å². The number of anilines is 1. The van der Waals surface area contributed by atoms with Crippen LogP contribution in [-0.2, 0) is 0 Å². The van der Waals surface area contributed by atoms with Gasteiger partial charge in [-0.1, -0.05) is 36.4 Å².